The number of amides is 1. The van der Waals surface area contributed by atoms with Crippen LogP contribution in [0.5, 0.6) is 0 Å². The van der Waals surface area contributed by atoms with Crippen molar-refractivity contribution in [2.24, 2.45) is 5.92 Å². The van der Waals surface area contributed by atoms with Crippen LogP contribution >= 0.6 is 0 Å². The predicted molar refractivity (Wildman–Crippen MR) is 91.1 cm³/mol. The molecule has 1 amide bonds. The Morgan fingerprint density at radius 2 is 1.87 bits per heavy atom. The van der Waals surface area contributed by atoms with Gasteiger partial charge >= 0.3 is 0 Å². The number of ether oxygens (including phenoxy) is 1. The lowest BCUT2D eigenvalue weighted by molar-refractivity contribution is -0.140. The van der Waals surface area contributed by atoms with Crippen molar-refractivity contribution in [1.29, 1.82) is 0 Å². The molecule has 0 unspecified atom stereocenters. The maximum absolute atomic E-state index is 12.6. The van der Waals surface area contributed by atoms with Gasteiger partial charge in [-0.15, -0.1) is 0 Å². The minimum absolute atomic E-state index is 0.204. The first-order valence-electron chi connectivity index (χ1n) is 8.85. The number of carbonyl (C=O) groups is 1. The van der Waals surface area contributed by atoms with Crippen LogP contribution in [0.25, 0.3) is 0 Å². The maximum Gasteiger partial charge on any atom is 0.226 e. The number of hydrogen-bond acceptors (Lipinski definition) is 3. The third-order valence-electron chi connectivity index (χ3n) is 5.06. The first-order chi connectivity index (χ1) is 11.2. The minimum atomic E-state index is 0.204. The summed E-state index contributed by atoms with van der Waals surface area (Å²) in [6.07, 6.45) is 4.40. The van der Waals surface area contributed by atoms with Crippen molar-refractivity contribution in [3.63, 3.8) is 0 Å². The van der Waals surface area contributed by atoms with Gasteiger partial charge in [0.25, 0.3) is 0 Å². The summed E-state index contributed by atoms with van der Waals surface area (Å²) in [4.78, 5) is 17.0. The average molecular weight is 316 g/mol. The number of hydrogen-bond donors (Lipinski definition) is 0. The monoisotopic (exact) mass is 316 g/mol. The van der Waals surface area contributed by atoms with Gasteiger partial charge in [-0.2, -0.15) is 0 Å². The molecule has 4 heteroatoms. The van der Waals surface area contributed by atoms with E-state index in [1.165, 1.54) is 5.56 Å². The fourth-order valence-corrected chi connectivity index (χ4v) is 3.66. The van der Waals surface area contributed by atoms with Crippen molar-refractivity contribution < 1.29 is 9.53 Å². The molecule has 0 bridgehead atoms. The summed E-state index contributed by atoms with van der Waals surface area (Å²) in [7, 11) is 2.11. The molecular weight excluding hydrogens is 288 g/mol. The fourth-order valence-electron chi connectivity index (χ4n) is 3.66. The van der Waals surface area contributed by atoms with Crippen LogP contribution in [0.2, 0.25) is 0 Å². The van der Waals surface area contributed by atoms with Gasteiger partial charge in [-0.05, 0) is 44.8 Å². The van der Waals surface area contributed by atoms with Crippen molar-refractivity contribution >= 4 is 5.91 Å². The number of piperidine rings is 2. The van der Waals surface area contributed by atoms with Crippen LogP contribution in [0.4, 0.5) is 0 Å². The number of nitrogens with zero attached hydrogens (tertiary/aromatic N) is 2. The molecule has 0 saturated carbocycles. The van der Waals surface area contributed by atoms with Gasteiger partial charge in [0, 0.05) is 19.6 Å². The molecule has 126 valence electrons. The standard InChI is InChI=1S/C19H28N2O2/c1-20-11-5-8-17(14-20)19(22)21-12-9-18(10-13-21)23-15-16-6-3-2-4-7-16/h2-4,6-7,17-18H,5,8-15H2,1H3/t17-/m0/s1. The Balaban J connectivity index is 1.42. The predicted octanol–water partition coefficient (Wildman–Crippen LogP) is 2.54. The SMILES string of the molecule is CN1CCC[C@H](C(=O)N2CCC(OCc3ccccc3)CC2)C1. The molecule has 1 atom stereocenters. The number of benzene rings is 1. The lowest BCUT2D eigenvalue weighted by Gasteiger charge is -2.36. The second-order valence-electron chi connectivity index (χ2n) is 6.92. The molecule has 0 spiro atoms. The first-order valence-corrected chi connectivity index (χ1v) is 8.85. The molecule has 4 nitrogen and oxygen atoms in total. The molecule has 2 aliphatic heterocycles. The molecular formula is C19H28N2O2. The number of carbonyl (C=O) groups excluding carboxylic acids is 1. The van der Waals surface area contributed by atoms with Gasteiger partial charge in [0.15, 0.2) is 0 Å². The van der Waals surface area contributed by atoms with Gasteiger partial charge in [0.05, 0.1) is 18.6 Å². The van der Waals surface area contributed by atoms with E-state index in [9.17, 15) is 4.79 Å². The van der Waals surface area contributed by atoms with Crippen molar-refractivity contribution in [2.45, 2.75) is 38.4 Å². The van der Waals surface area contributed by atoms with Crippen LogP contribution in [0.1, 0.15) is 31.2 Å². The summed E-state index contributed by atoms with van der Waals surface area (Å²) in [5, 5.41) is 0. The Labute approximate surface area is 139 Å². The molecule has 0 radical (unpaired) electrons. The normalized spacial score (nSPS) is 23.9. The molecule has 23 heavy (non-hydrogen) atoms. The van der Waals surface area contributed by atoms with E-state index in [-0.39, 0.29) is 12.0 Å². The fraction of sp³-hybridized carbons (Fsp3) is 0.632. The van der Waals surface area contributed by atoms with Crippen LogP contribution in [0.3, 0.4) is 0 Å². The van der Waals surface area contributed by atoms with Crippen molar-refractivity contribution in [1.82, 2.24) is 9.80 Å². The highest BCUT2D eigenvalue weighted by Crippen LogP contribution is 2.22. The van der Waals surface area contributed by atoms with E-state index in [1.807, 2.05) is 18.2 Å². The highest BCUT2D eigenvalue weighted by atomic mass is 16.5. The van der Waals surface area contributed by atoms with E-state index in [2.05, 4.69) is 29.0 Å². The number of rotatable bonds is 4. The molecule has 2 heterocycles. The summed E-state index contributed by atoms with van der Waals surface area (Å²) in [6.45, 7) is 4.41. The molecule has 0 N–H and O–H groups in total. The quantitative estimate of drug-likeness (QED) is 0.856. The summed E-state index contributed by atoms with van der Waals surface area (Å²) < 4.78 is 6.01. The van der Waals surface area contributed by atoms with E-state index >= 15 is 0 Å². The molecule has 0 aliphatic carbocycles. The zero-order chi connectivity index (χ0) is 16.1. The number of likely N-dealkylation sites (tertiary alicyclic amines) is 2. The zero-order valence-electron chi connectivity index (χ0n) is 14.1. The Hall–Kier alpha value is -1.39. The van der Waals surface area contributed by atoms with Crippen molar-refractivity contribution in [3.05, 3.63) is 35.9 Å². The second-order valence-corrected chi connectivity index (χ2v) is 6.92. The third kappa shape index (κ3) is 4.55. The van der Waals surface area contributed by atoms with Crippen molar-refractivity contribution in [2.75, 3.05) is 33.2 Å². The van der Waals surface area contributed by atoms with Gasteiger partial charge in [-0.25, -0.2) is 0 Å². The van der Waals surface area contributed by atoms with E-state index in [0.29, 0.717) is 12.5 Å². The van der Waals surface area contributed by atoms with Crippen LogP contribution in [0, 0.1) is 5.92 Å². The summed E-state index contributed by atoms with van der Waals surface area (Å²) in [5.41, 5.74) is 1.22. The van der Waals surface area contributed by atoms with E-state index in [4.69, 9.17) is 4.74 Å². The van der Waals surface area contributed by atoms with Gasteiger partial charge in [0.1, 0.15) is 0 Å². The third-order valence-corrected chi connectivity index (χ3v) is 5.06. The van der Waals surface area contributed by atoms with Gasteiger partial charge in [0.2, 0.25) is 5.91 Å². The van der Waals surface area contributed by atoms with Crippen LogP contribution in [0.15, 0.2) is 30.3 Å². The Kier molecular flexibility index (Phi) is 5.68. The molecule has 0 aromatic heterocycles. The Morgan fingerprint density at radius 1 is 1.13 bits per heavy atom. The van der Waals surface area contributed by atoms with Gasteiger partial charge in [-0.3, -0.25) is 4.79 Å². The lowest BCUT2D eigenvalue weighted by atomic mass is 9.95. The molecule has 2 saturated heterocycles. The van der Waals surface area contributed by atoms with Crippen LogP contribution < -0.4 is 0 Å². The smallest absolute Gasteiger partial charge is 0.226 e. The molecule has 3 rings (SSSR count). The van der Waals surface area contributed by atoms with Crippen molar-refractivity contribution in [3.8, 4) is 0 Å². The minimum Gasteiger partial charge on any atom is -0.373 e. The average Bonchev–Trinajstić information content (AvgIpc) is 2.61. The zero-order valence-corrected chi connectivity index (χ0v) is 14.1. The van der Waals surface area contributed by atoms with E-state index in [0.717, 1.165) is 51.9 Å². The highest BCUT2D eigenvalue weighted by molar-refractivity contribution is 5.79. The summed E-state index contributed by atoms with van der Waals surface area (Å²) in [6, 6.07) is 10.3. The Bertz CT molecular complexity index is 497. The molecule has 1 aromatic rings. The summed E-state index contributed by atoms with van der Waals surface area (Å²) in [5.74, 6) is 0.564. The van der Waals surface area contributed by atoms with Gasteiger partial charge in [-0.1, -0.05) is 30.3 Å². The molecule has 2 fully saturated rings. The van der Waals surface area contributed by atoms with E-state index in [1.54, 1.807) is 0 Å². The largest absolute Gasteiger partial charge is 0.373 e. The lowest BCUT2D eigenvalue weighted by Crippen LogP contribution is -2.47. The van der Waals surface area contributed by atoms with E-state index < -0.39 is 0 Å². The maximum atomic E-state index is 12.6. The second kappa shape index (κ2) is 7.93. The molecule has 1 aromatic carbocycles. The Morgan fingerprint density at radius 3 is 2.57 bits per heavy atom. The van der Waals surface area contributed by atoms with Crippen LogP contribution in [-0.4, -0.2) is 55.0 Å². The van der Waals surface area contributed by atoms with Gasteiger partial charge < -0.3 is 14.5 Å². The molecule has 2 aliphatic rings. The summed E-state index contributed by atoms with van der Waals surface area (Å²) >= 11 is 0. The topological polar surface area (TPSA) is 32.8 Å². The van der Waals surface area contributed by atoms with Crippen LogP contribution in [-0.2, 0) is 16.1 Å². The highest BCUT2D eigenvalue weighted by Gasteiger charge is 2.30. The first kappa shape index (κ1) is 16.5.